The minimum atomic E-state index is -0.988. The number of nitro benzene ring substituents is 1. The second-order valence-electron chi connectivity index (χ2n) is 4.88. The highest BCUT2D eigenvalue weighted by Crippen LogP contribution is 2.36. The van der Waals surface area contributed by atoms with Crippen molar-refractivity contribution in [1.29, 1.82) is 0 Å². The molecule has 0 saturated heterocycles. The molecule has 0 bridgehead atoms. The maximum Gasteiger partial charge on any atom is 0.345 e. The molecule has 6 nitrogen and oxygen atoms in total. The Bertz CT molecular complexity index is 536. The molecule has 0 aliphatic heterocycles. The molecule has 19 heavy (non-hydrogen) atoms. The molecular formula is C13H15NO5. The second-order valence-corrected chi connectivity index (χ2v) is 4.88. The third-order valence-electron chi connectivity index (χ3n) is 3.24. The molecule has 2 rings (SSSR count). The number of nitrogens with zero attached hydrogens (tertiary/aromatic N) is 1. The highest BCUT2D eigenvalue weighted by atomic mass is 16.6. The molecule has 1 unspecified atom stereocenters. The number of nitro groups is 1. The Labute approximate surface area is 110 Å². The summed E-state index contributed by atoms with van der Waals surface area (Å²) in [7, 11) is 0. The van der Waals surface area contributed by atoms with E-state index in [1.54, 1.807) is 13.8 Å². The molecule has 1 saturated carbocycles. The van der Waals surface area contributed by atoms with E-state index >= 15 is 0 Å². The molecule has 1 aromatic rings. The zero-order valence-corrected chi connectivity index (χ0v) is 10.8. The van der Waals surface area contributed by atoms with Crippen LogP contribution in [0.25, 0.3) is 0 Å². The molecule has 1 atom stereocenters. The first kappa shape index (κ1) is 13.3. The Balaban J connectivity index is 2.27. The van der Waals surface area contributed by atoms with Crippen LogP contribution < -0.4 is 4.74 Å². The monoisotopic (exact) mass is 265 g/mol. The fourth-order valence-electron chi connectivity index (χ4n) is 1.98. The van der Waals surface area contributed by atoms with Crippen LogP contribution in [0.4, 0.5) is 5.69 Å². The first-order valence-corrected chi connectivity index (χ1v) is 6.05. The van der Waals surface area contributed by atoms with E-state index in [-0.39, 0.29) is 11.6 Å². The third kappa shape index (κ3) is 2.83. The number of benzene rings is 1. The van der Waals surface area contributed by atoms with E-state index in [0.717, 1.165) is 12.8 Å². The average molecular weight is 265 g/mol. The summed E-state index contributed by atoms with van der Waals surface area (Å²) in [4.78, 5) is 21.5. The van der Waals surface area contributed by atoms with Crippen molar-refractivity contribution in [3.63, 3.8) is 0 Å². The lowest BCUT2D eigenvalue weighted by molar-refractivity contribution is -0.385. The smallest absolute Gasteiger partial charge is 0.345 e. The Morgan fingerprint density at radius 3 is 2.53 bits per heavy atom. The minimum absolute atomic E-state index is 0.0168. The number of aryl methyl sites for hydroxylation is 2. The van der Waals surface area contributed by atoms with Gasteiger partial charge in [0.05, 0.1) is 4.92 Å². The molecule has 0 aromatic heterocycles. The van der Waals surface area contributed by atoms with E-state index < -0.39 is 17.0 Å². The van der Waals surface area contributed by atoms with Gasteiger partial charge in [0, 0.05) is 17.5 Å². The molecular weight excluding hydrogens is 250 g/mol. The van der Waals surface area contributed by atoms with Crippen LogP contribution in [0.5, 0.6) is 5.75 Å². The van der Waals surface area contributed by atoms with Gasteiger partial charge in [0.2, 0.25) is 0 Å². The van der Waals surface area contributed by atoms with Crippen molar-refractivity contribution in [2.24, 2.45) is 5.92 Å². The van der Waals surface area contributed by atoms with E-state index in [1.807, 2.05) is 0 Å². The predicted octanol–water partition coefficient (Wildman–Crippen LogP) is 2.45. The van der Waals surface area contributed by atoms with Crippen LogP contribution >= 0.6 is 0 Å². The molecule has 102 valence electrons. The lowest BCUT2D eigenvalue weighted by Crippen LogP contribution is -2.29. The minimum Gasteiger partial charge on any atom is -0.478 e. The number of aliphatic carboxylic acids is 1. The molecule has 0 spiro atoms. The van der Waals surface area contributed by atoms with Crippen LogP contribution in [0.3, 0.4) is 0 Å². The molecule has 0 radical (unpaired) electrons. The summed E-state index contributed by atoms with van der Waals surface area (Å²) in [6, 6.07) is 2.95. The average Bonchev–Trinajstić information content (AvgIpc) is 3.12. The van der Waals surface area contributed by atoms with Gasteiger partial charge >= 0.3 is 5.97 Å². The maximum absolute atomic E-state index is 11.1. The lowest BCUT2D eigenvalue weighted by Gasteiger charge is -2.16. The van der Waals surface area contributed by atoms with Crippen LogP contribution in [-0.2, 0) is 4.79 Å². The fraction of sp³-hybridized carbons (Fsp3) is 0.462. The summed E-state index contributed by atoms with van der Waals surface area (Å²) in [6.45, 7) is 3.28. The number of ether oxygens (including phenoxy) is 1. The van der Waals surface area contributed by atoms with Crippen molar-refractivity contribution in [2.45, 2.75) is 32.8 Å². The third-order valence-corrected chi connectivity index (χ3v) is 3.24. The van der Waals surface area contributed by atoms with Gasteiger partial charge in [-0.25, -0.2) is 4.79 Å². The molecule has 0 heterocycles. The highest BCUT2D eigenvalue weighted by molar-refractivity contribution is 5.73. The van der Waals surface area contributed by atoms with Crippen LogP contribution in [0.2, 0.25) is 0 Å². The van der Waals surface area contributed by atoms with Crippen molar-refractivity contribution in [3.05, 3.63) is 33.4 Å². The van der Waals surface area contributed by atoms with E-state index in [9.17, 15) is 14.9 Å². The topological polar surface area (TPSA) is 89.7 Å². The number of carbonyl (C=O) groups is 1. The zero-order valence-electron chi connectivity index (χ0n) is 10.8. The van der Waals surface area contributed by atoms with Gasteiger partial charge in [-0.2, -0.15) is 0 Å². The summed E-state index contributed by atoms with van der Waals surface area (Å²) < 4.78 is 5.52. The van der Waals surface area contributed by atoms with Crippen molar-refractivity contribution in [1.82, 2.24) is 0 Å². The van der Waals surface area contributed by atoms with Crippen molar-refractivity contribution >= 4 is 11.7 Å². The first-order chi connectivity index (χ1) is 8.90. The first-order valence-electron chi connectivity index (χ1n) is 6.05. The van der Waals surface area contributed by atoms with Crippen LogP contribution in [-0.4, -0.2) is 22.1 Å². The lowest BCUT2D eigenvalue weighted by atomic mass is 10.1. The molecule has 1 aliphatic rings. The van der Waals surface area contributed by atoms with Gasteiger partial charge in [-0.1, -0.05) is 0 Å². The van der Waals surface area contributed by atoms with Crippen LogP contribution in [0, 0.1) is 29.9 Å². The van der Waals surface area contributed by atoms with Crippen molar-refractivity contribution in [2.75, 3.05) is 0 Å². The Kier molecular flexibility index (Phi) is 3.42. The second kappa shape index (κ2) is 4.87. The summed E-state index contributed by atoms with van der Waals surface area (Å²) in [5.74, 6) is -0.535. The largest absolute Gasteiger partial charge is 0.478 e. The number of carboxylic acid groups (broad SMARTS) is 1. The van der Waals surface area contributed by atoms with Gasteiger partial charge < -0.3 is 9.84 Å². The summed E-state index contributed by atoms with van der Waals surface area (Å²) >= 11 is 0. The number of carboxylic acids is 1. The Morgan fingerprint density at radius 1 is 1.42 bits per heavy atom. The van der Waals surface area contributed by atoms with Gasteiger partial charge in [-0.05, 0) is 38.3 Å². The summed E-state index contributed by atoms with van der Waals surface area (Å²) in [5, 5.41) is 19.9. The number of hydrogen-bond donors (Lipinski definition) is 1. The fourth-order valence-corrected chi connectivity index (χ4v) is 1.98. The number of rotatable bonds is 5. The number of hydrogen-bond acceptors (Lipinski definition) is 4. The van der Waals surface area contributed by atoms with E-state index in [0.29, 0.717) is 16.9 Å². The SMILES string of the molecule is Cc1cc([N+](=O)[O-])c(C)cc1OC(C(=O)O)C1CC1. The molecule has 1 fully saturated rings. The van der Waals surface area contributed by atoms with Gasteiger partial charge in [0.25, 0.3) is 5.69 Å². The molecule has 6 heteroatoms. The maximum atomic E-state index is 11.1. The van der Waals surface area contributed by atoms with Crippen LogP contribution in [0.15, 0.2) is 12.1 Å². The normalized spacial score (nSPS) is 15.9. The standard InChI is InChI=1S/C13H15NO5/c1-7-6-11(8(2)5-10(7)14(17)18)19-12(13(15)16)9-3-4-9/h5-6,9,12H,3-4H2,1-2H3,(H,15,16). The summed E-state index contributed by atoms with van der Waals surface area (Å²) in [6.07, 6.45) is 0.837. The van der Waals surface area contributed by atoms with E-state index in [4.69, 9.17) is 9.84 Å². The van der Waals surface area contributed by atoms with Gasteiger partial charge in [-0.15, -0.1) is 0 Å². The molecule has 0 amide bonds. The van der Waals surface area contributed by atoms with Crippen molar-refractivity contribution in [3.8, 4) is 5.75 Å². The zero-order chi connectivity index (χ0) is 14.2. The van der Waals surface area contributed by atoms with Gasteiger partial charge in [0.15, 0.2) is 6.10 Å². The van der Waals surface area contributed by atoms with E-state index in [1.165, 1.54) is 12.1 Å². The Hall–Kier alpha value is -2.11. The quantitative estimate of drug-likeness (QED) is 0.652. The van der Waals surface area contributed by atoms with E-state index in [2.05, 4.69) is 0 Å². The van der Waals surface area contributed by atoms with Crippen molar-refractivity contribution < 1.29 is 19.6 Å². The Morgan fingerprint density at radius 2 is 2.05 bits per heavy atom. The molecule has 1 aliphatic carbocycles. The predicted molar refractivity (Wildman–Crippen MR) is 67.3 cm³/mol. The molecule has 1 aromatic carbocycles. The van der Waals surface area contributed by atoms with Gasteiger partial charge in [0.1, 0.15) is 5.75 Å². The van der Waals surface area contributed by atoms with Crippen LogP contribution in [0.1, 0.15) is 24.0 Å². The molecule has 1 N–H and O–H groups in total. The van der Waals surface area contributed by atoms with Gasteiger partial charge in [-0.3, -0.25) is 10.1 Å². The summed E-state index contributed by atoms with van der Waals surface area (Å²) in [5.41, 5.74) is 1.05. The highest BCUT2D eigenvalue weighted by Gasteiger charge is 2.38.